The number of ether oxygens (including phenoxy) is 1. The lowest BCUT2D eigenvalue weighted by atomic mass is 10.3. The van der Waals surface area contributed by atoms with Crippen LogP contribution in [0.2, 0.25) is 5.02 Å². The van der Waals surface area contributed by atoms with Crippen LogP contribution in [0.4, 0.5) is 0 Å². The van der Waals surface area contributed by atoms with Crippen LogP contribution >= 0.6 is 11.6 Å². The lowest BCUT2D eigenvalue weighted by Crippen LogP contribution is -2.28. The Hall–Kier alpha value is -2.94. The van der Waals surface area contributed by atoms with Crippen LogP contribution in [0, 0.1) is 0 Å². The zero-order chi connectivity index (χ0) is 17.3. The second-order valence-electron chi connectivity index (χ2n) is 4.77. The molecule has 0 aromatic carbocycles. The number of pyridine rings is 1. The Balaban J connectivity index is 2.01. The molecule has 3 heterocycles. The molecular formula is C14H12ClN5O4. The standard InChI is InChI=1S/C14H12ClN5O4/c1-3-23-7-4-9(15)10(16-5-7)13-17-11(19-24-13)8-6-20(2)14(22)18-12(8)21/h4-6H,3H2,1-2H3,(H,18,21,22). The van der Waals surface area contributed by atoms with E-state index in [1.807, 2.05) is 6.92 Å². The number of hydrogen-bond acceptors (Lipinski definition) is 7. The molecule has 0 aliphatic rings. The van der Waals surface area contributed by atoms with Crippen LogP contribution in [0.1, 0.15) is 6.92 Å². The lowest BCUT2D eigenvalue weighted by molar-refractivity contribution is 0.339. The molecule has 3 rings (SSSR count). The molecule has 0 unspecified atom stereocenters. The molecule has 9 nitrogen and oxygen atoms in total. The molecule has 10 heteroatoms. The van der Waals surface area contributed by atoms with Crippen LogP contribution in [-0.2, 0) is 7.05 Å². The molecule has 124 valence electrons. The number of nitrogens with zero attached hydrogens (tertiary/aromatic N) is 4. The van der Waals surface area contributed by atoms with E-state index in [-0.39, 0.29) is 28.0 Å². The molecule has 24 heavy (non-hydrogen) atoms. The molecule has 0 saturated carbocycles. The third kappa shape index (κ3) is 2.93. The van der Waals surface area contributed by atoms with Crippen molar-refractivity contribution in [3.05, 3.63) is 44.3 Å². The van der Waals surface area contributed by atoms with Crippen molar-refractivity contribution in [3.8, 4) is 28.7 Å². The van der Waals surface area contributed by atoms with E-state index in [0.717, 1.165) is 0 Å². The maximum absolute atomic E-state index is 11.9. The second kappa shape index (κ2) is 6.28. The third-order valence-corrected chi connectivity index (χ3v) is 3.39. The molecule has 0 bridgehead atoms. The summed E-state index contributed by atoms with van der Waals surface area (Å²) in [6.07, 6.45) is 2.80. The zero-order valence-electron chi connectivity index (χ0n) is 12.7. The predicted molar refractivity (Wildman–Crippen MR) is 85.0 cm³/mol. The number of hydrogen-bond donors (Lipinski definition) is 1. The lowest BCUT2D eigenvalue weighted by Gasteiger charge is -2.03. The van der Waals surface area contributed by atoms with Gasteiger partial charge in [-0.3, -0.25) is 9.78 Å². The molecule has 0 fully saturated rings. The maximum atomic E-state index is 11.9. The van der Waals surface area contributed by atoms with Gasteiger partial charge in [0.25, 0.3) is 11.4 Å². The van der Waals surface area contributed by atoms with E-state index in [1.54, 1.807) is 6.07 Å². The highest BCUT2D eigenvalue weighted by molar-refractivity contribution is 6.33. The monoisotopic (exact) mass is 349 g/mol. The van der Waals surface area contributed by atoms with Gasteiger partial charge in [0.05, 0.1) is 17.8 Å². The fourth-order valence-corrected chi connectivity index (χ4v) is 2.21. The van der Waals surface area contributed by atoms with Crippen molar-refractivity contribution in [2.24, 2.45) is 7.05 Å². The quantitative estimate of drug-likeness (QED) is 0.753. The summed E-state index contributed by atoms with van der Waals surface area (Å²) in [5, 5.41) is 4.01. The van der Waals surface area contributed by atoms with E-state index in [1.165, 1.54) is 24.0 Å². The van der Waals surface area contributed by atoms with Crippen molar-refractivity contribution < 1.29 is 9.26 Å². The third-order valence-electron chi connectivity index (χ3n) is 3.10. The Morgan fingerprint density at radius 2 is 2.21 bits per heavy atom. The van der Waals surface area contributed by atoms with Crippen molar-refractivity contribution in [3.63, 3.8) is 0 Å². The van der Waals surface area contributed by atoms with E-state index in [9.17, 15) is 9.59 Å². The van der Waals surface area contributed by atoms with Crippen LogP contribution in [0.3, 0.4) is 0 Å². The summed E-state index contributed by atoms with van der Waals surface area (Å²) >= 11 is 6.15. The Bertz CT molecular complexity index is 1010. The molecule has 0 amide bonds. The fourth-order valence-electron chi connectivity index (χ4n) is 1.98. The van der Waals surface area contributed by atoms with Gasteiger partial charge in [0.15, 0.2) is 0 Å². The van der Waals surface area contributed by atoms with Crippen molar-refractivity contribution >= 4 is 11.6 Å². The fraction of sp³-hybridized carbons (Fsp3) is 0.214. The van der Waals surface area contributed by atoms with Gasteiger partial charge in [0.2, 0.25) is 5.82 Å². The van der Waals surface area contributed by atoms with E-state index < -0.39 is 11.2 Å². The van der Waals surface area contributed by atoms with Crippen LogP contribution in [0.5, 0.6) is 5.75 Å². The van der Waals surface area contributed by atoms with Gasteiger partial charge in [-0.2, -0.15) is 4.98 Å². The van der Waals surface area contributed by atoms with E-state index in [0.29, 0.717) is 12.4 Å². The summed E-state index contributed by atoms with van der Waals surface area (Å²) < 4.78 is 11.6. The van der Waals surface area contributed by atoms with Gasteiger partial charge in [-0.05, 0) is 6.92 Å². The van der Waals surface area contributed by atoms with E-state index in [2.05, 4.69) is 20.1 Å². The van der Waals surface area contributed by atoms with Crippen LogP contribution in [0.25, 0.3) is 23.0 Å². The van der Waals surface area contributed by atoms with Gasteiger partial charge in [-0.1, -0.05) is 16.8 Å². The smallest absolute Gasteiger partial charge is 0.328 e. The van der Waals surface area contributed by atoms with Gasteiger partial charge in [-0.15, -0.1) is 0 Å². The van der Waals surface area contributed by atoms with Gasteiger partial charge >= 0.3 is 5.69 Å². The van der Waals surface area contributed by atoms with Crippen molar-refractivity contribution in [2.45, 2.75) is 6.92 Å². The second-order valence-corrected chi connectivity index (χ2v) is 5.18. The summed E-state index contributed by atoms with van der Waals surface area (Å²) in [6.45, 7) is 2.33. The molecule has 0 radical (unpaired) electrons. The minimum absolute atomic E-state index is 0.0219. The first-order valence-electron chi connectivity index (χ1n) is 6.92. The molecule has 0 aliphatic heterocycles. The minimum Gasteiger partial charge on any atom is -0.492 e. The number of aromatic amines is 1. The normalized spacial score (nSPS) is 10.8. The summed E-state index contributed by atoms with van der Waals surface area (Å²) in [5.74, 6) is 0.584. The van der Waals surface area contributed by atoms with Crippen LogP contribution in [0.15, 0.2) is 32.6 Å². The largest absolute Gasteiger partial charge is 0.492 e. The summed E-state index contributed by atoms with van der Waals surface area (Å²) in [7, 11) is 1.49. The van der Waals surface area contributed by atoms with Gasteiger partial charge in [0, 0.05) is 19.3 Å². The summed E-state index contributed by atoms with van der Waals surface area (Å²) in [6, 6.07) is 1.58. The average molecular weight is 350 g/mol. The molecule has 0 aliphatic carbocycles. The molecule has 1 N–H and O–H groups in total. The topological polar surface area (TPSA) is 116 Å². The Morgan fingerprint density at radius 3 is 2.92 bits per heavy atom. The highest BCUT2D eigenvalue weighted by atomic mass is 35.5. The first-order valence-corrected chi connectivity index (χ1v) is 7.30. The number of H-pyrrole nitrogens is 1. The number of aryl methyl sites for hydroxylation is 1. The first kappa shape index (κ1) is 15.9. The predicted octanol–water partition coefficient (Wildman–Crippen LogP) is 1.24. The SMILES string of the molecule is CCOc1cnc(-c2nc(-c3cn(C)c(=O)[nH]c3=O)no2)c(Cl)c1. The van der Waals surface area contributed by atoms with Gasteiger partial charge < -0.3 is 13.8 Å². The Kier molecular flexibility index (Phi) is 4.17. The van der Waals surface area contributed by atoms with Crippen LogP contribution < -0.4 is 16.0 Å². The molecule has 0 atom stereocenters. The van der Waals surface area contributed by atoms with Gasteiger partial charge in [-0.25, -0.2) is 9.78 Å². The Labute approximate surface area is 139 Å². The van der Waals surface area contributed by atoms with Crippen molar-refractivity contribution in [1.29, 1.82) is 0 Å². The average Bonchev–Trinajstić information content (AvgIpc) is 3.01. The summed E-state index contributed by atoms with van der Waals surface area (Å²) in [5.41, 5.74) is -0.797. The molecular weight excluding hydrogens is 338 g/mol. The number of aromatic nitrogens is 5. The molecule has 3 aromatic rings. The van der Waals surface area contributed by atoms with Gasteiger partial charge in [0.1, 0.15) is 17.0 Å². The number of rotatable bonds is 4. The first-order chi connectivity index (χ1) is 11.5. The minimum atomic E-state index is -0.615. The van der Waals surface area contributed by atoms with Crippen molar-refractivity contribution in [1.82, 2.24) is 24.7 Å². The highest BCUT2D eigenvalue weighted by Gasteiger charge is 2.18. The summed E-state index contributed by atoms with van der Waals surface area (Å²) in [4.78, 5) is 33.7. The number of nitrogens with one attached hydrogen (secondary N) is 1. The van der Waals surface area contributed by atoms with Crippen molar-refractivity contribution in [2.75, 3.05) is 6.61 Å². The van der Waals surface area contributed by atoms with E-state index in [4.69, 9.17) is 20.9 Å². The number of halogens is 1. The zero-order valence-corrected chi connectivity index (χ0v) is 13.5. The van der Waals surface area contributed by atoms with E-state index >= 15 is 0 Å². The van der Waals surface area contributed by atoms with Crippen LogP contribution in [-0.4, -0.2) is 31.3 Å². The highest BCUT2D eigenvalue weighted by Crippen LogP contribution is 2.28. The maximum Gasteiger partial charge on any atom is 0.328 e. The molecule has 3 aromatic heterocycles. The Morgan fingerprint density at radius 1 is 1.42 bits per heavy atom. The molecule has 0 saturated heterocycles. The molecule has 0 spiro atoms.